The van der Waals surface area contributed by atoms with Crippen molar-refractivity contribution in [1.29, 1.82) is 0 Å². The highest BCUT2D eigenvalue weighted by molar-refractivity contribution is 6.03. The van der Waals surface area contributed by atoms with Crippen LogP contribution in [0.5, 0.6) is 0 Å². The fraction of sp³-hybridized carbons (Fsp3) is 0.375. The first kappa shape index (κ1) is 9.44. The molecule has 1 aromatic rings. The Kier molecular flexibility index (Phi) is 2.79. The first-order valence-electron chi connectivity index (χ1n) is 3.79. The van der Waals surface area contributed by atoms with E-state index < -0.39 is 0 Å². The van der Waals surface area contributed by atoms with Crippen LogP contribution >= 0.6 is 0 Å². The second kappa shape index (κ2) is 3.84. The Balaban J connectivity index is 2.75. The molecule has 13 heavy (non-hydrogen) atoms. The van der Waals surface area contributed by atoms with E-state index in [9.17, 15) is 4.79 Å². The number of ketones is 1. The van der Waals surface area contributed by atoms with Crippen molar-refractivity contribution in [2.45, 2.75) is 6.92 Å². The molecule has 0 amide bonds. The molecule has 0 bridgehead atoms. The lowest BCUT2D eigenvalue weighted by Crippen LogP contribution is -2.04. The van der Waals surface area contributed by atoms with Crippen LogP contribution in [0.25, 0.3) is 0 Å². The van der Waals surface area contributed by atoms with Crippen molar-refractivity contribution in [1.82, 2.24) is 15.2 Å². The van der Waals surface area contributed by atoms with Crippen molar-refractivity contribution in [3.05, 3.63) is 23.7 Å². The lowest BCUT2D eigenvalue weighted by atomic mass is 10.2. The number of carbonyl (C=O) groups excluding carboxylic acids is 1. The predicted molar refractivity (Wildman–Crippen MR) is 46.2 cm³/mol. The molecule has 0 unspecified atom stereocenters. The van der Waals surface area contributed by atoms with Gasteiger partial charge in [0.1, 0.15) is 5.69 Å². The average Bonchev–Trinajstić information content (AvgIpc) is 2.47. The van der Waals surface area contributed by atoms with E-state index in [1.54, 1.807) is 18.0 Å². The summed E-state index contributed by atoms with van der Waals surface area (Å²) in [5.74, 6) is -0.201. The van der Waals surface area contributed by atoms with Crippen LogP contribution in [0, 0.1) is 6.92 Å². The standard InChI is InChI=1S/C8H11N3O2/c1-6-8(10-13-9-6)7(12)4-5-11(2)3/h4-5H,1-3H3. The smallest absolute Gasteiger partial charge is 0.211 e. The lowest BCUT2D eigenvalue weighted by Gasteiger charge is -2.01. The number of aryl methyl sites for hydroxylation is 1. The molecule has 0 N–H and O–H groups in total. The molecular weight excluding hydrogens is 170 g/mol. The minimum absolute atomic E-state index is 0.201. The highest BCUT2D eigenvalue weighted by atomic mass is 16.6. The fourth-order valence-corrected chi connectivity index (χ4v) is 0.751. The van der Waals surface area contributed by atoms with E-state index in [-0.39, 0.29) is 11.5 Å². The van der Waals surface area contributed by atoms with E-state index in [4.69, 9.17) is 0 Å². The van der Waals surface area contributed by atoms with Gasteiger partial charge in [-0.15, -0.1) is 0 Å². The summed E-state index contributed by atoms with van der Waals surface area (Å²) in [4.78, 5) is 13.1. The molecule has 1 rings (SSSR count). The van der Waals surface area contributed by atoms with Crippen LogP contribution in [0.15, 0.2) is 16.9 Å². The molecule has 5 heteroatoms. The monoisotopic (exact) mass is 181 g/mol. The third kappa shape index (κ3) is 2.40. The quantitative estimate of drug-likeness (QED) is 0.505. The van der Waals surface area contributed by atoms with Crippen LogP contribution in [0.3, 0.4) is 0 Å². The maximum Gasteiger partial charge on any atom is 0.211 e. The third-order valence-corrected chi connectivity index (χ3v) is 1.41. The third-order valence-electron chi connectivity index (χ3n) is 1.41. The first-order valence-corrected chi connectivity index (χ1v) is 3.79. The summed E-state index contributed by atoms with van der Waals surface area (Å²) >= 11 is 0. The number of hydrogen-bond acceptors (Lipinski definition) is 5. The lowest BCUT2D eigenvalue weighted by molar-refractivity contribution is 0.103. The second-order valence-electron chi connectivity index (χ2n) is 2.84. The Morgan fingerprint density at radius 3 is 2.62 bits per heavy atom. The summed E-state index contributed by atoms with van der Waals surface area (Å²) in [6.07, 6.45) is 3.07. The van der Waals surface area contributed by atoms with E-state index in [0.717, 1.165) is 0 Å². The van der Waals surface area contributed by atoms with Crippen molar-refractivity contribution < 1.29 is 9.42 Å². The predicted octanol–water partition coefficient (Wildman–Crippen LogP) is 0.636. The van der Waals surface area contributed by atoms with Crippen molar-refractivity contribution in [3.8, 4) is 0 Å². The molecule has 0 saturated heterocycles. The van der Waals surface area contributed by atoms with Crippen LogP contribution in [-0.4, -0.2) is 35.1 Å². The molecule has 0 aromatic carbocycles. The normalized spacial score (nSPS) is 10.7. The van der Waals surface area contributed by atoms with E-state index >= 15 is 0 Å². The minimum atomic E-state index is -0.201. The average molecular weight is 181 g/mol. The van der Waals surface area contributed by atoms with Crippen molar-refractivity contribution >= 4 is 5.78 Å². The Hall–Kier alpha value is -1.65. The molecule has 0 spiro atoms. The summed E-state index contributed by atoms with van der Waals surface area (Å²) in [5, 5.41) is 7.00. The molecule has 0 aliphatic heterocycles. The molecule has 0 fully saturated rings. The summed E-state index contributed by atoms with van der Waals surface area (Å²) in [5.41, 5.74) is 0.770. The van der Waals surface area contributed by atoms with Gasteiger partial charge in [0.2, 0.25) is 5.78 Å². The van der Waals surface area contributed by atoms with E-state index in [0.29, 0.717) is 5.69 Å². The van der Waals surface area contributed by atoms with Gasteiger partial charge in [0.25, 0.3) is 0 Å². The fourth-order valence-electron chi connectivity index (χ4n) is 0.751. The Morgan fingerprint density at radius 2 is 2.15 bits per heavy atom. The number of allylic oxidation sites excluding steroid dienone is 1. The molecule has 70 valence electrons. The zero-order valence-corrected chi connectivity index (χ0v) is 7.81. The molecule has 0 atom stereocenters. The molecule has 0 radical (unpaired) electrons. The Bertz CT molecular complexity index is 328. The number of aromatic nitrogens is 2. The summed E-state index contributed by atoms with van der Waals surface area (Å²) in [6, 6.07) is 0. The Labute approximate surface area is 76.0 Å². The van der Waals surface area contributed by atoms with E-state index in [1.807, 2.05) is 14.1 Å². The van der Waals surface area contributed by atoms with E-state index in [1.165, 1.54) is 6.08 Å². The van der Waals surface area contributed by atoms with Crippen LogP contribution in [0.2, 0.25) is 0 Å². The molecule has 5 nitrogen and oxygen atoms in total. The SMILES string of the molecule is Cc1nonc1C(=O)C=CN(C)C. The van der Waals surface area contributed by atoms with Gasteiger partial charge in [-0.2, -0.15) is 0 Å². The first-order chi connectivity index (χ1) is 6.11. The second-order valence-corrected chi connectivity index (χ2v) is 2.84. The minimum Gasteiger partial charge on any atom is -0.383 e. The zero-order chi connectivity index (χ0) is 9.84. The van der Waals surface area contributed by atoms with Crippen molar-refractivity contribution in [2.75, 3.05) is 14.1 Å². The number of nitrogens with zero attached hydrogens (tertiary/aromatic N) is 3. The Morgan fingerprint density at radius 1 is 1.46 bits per heavy atom. The highest BCUT2D eigenvalue weighted by Gasteiger charge is 2.11. The van der Waals surface area contributed by atoms with E-state index in [2.05, 4.69) is 14.9 Å². The van der Waals surface area contributed by atoms with Gasteiger partial charge in [0, 0.05) is 26.4 Å². The molecule has 0 saturated carbocycles. The van der Waals surface area contributed by atoms with Crippen LogP contribution < -0.4 is 0 Å². The molecule has 1 aromatic heterocycles. The number of rotatable bonds is 3. The summed E-state index contributed by atoms with van der Waals surface area (Å²) in [6.45, 7) is 1.67. The molecule has 0 aliphatic rings. The highest BCUT2D eigenvalue weighted by Crippen LogP contribution is 2.02. The molecule has 1 heterocycles. The maximum atomic E-state index is 11.4. The molecular formula is C8H11N3O2. The van der Waals surface area contributed by atoms with Gasteiger partial charge in [0.05, 0.1) is 0 Å². The van der Waals surface area contributed by atoms with Crippen LogP contribution in [0.1, 0.15) is 16.2 Å². The van der Waals surface area contributed by atoms with Gasteiger partial charge in [-0.05, 0) is 12.1 Å². The largest absolute Gasteiger partial charge is 0.383 e. The van der Waals surface area contributed by atoms with Gasteiger partial charge in [-0.25, -0.2) is 4.63 Å². The summed E-state index contributed by atoms with van der Waals surface area (Å²) < 4.78 is 4.40. The van der Waals surface area contributed by atoms with Crippen molar-refractivity contribution in [2.24, 2.45) is 0 Å². The zero-order valence-electron chi connectivity index (χ0n) is 7.81. The van der Waals surface area contributed by atoms with Gasteiger partial charge in [-0.3, -0.25) is 4.79 Å². The van der Waals surface area contributed by atoms with Crippen LogP contribution in [0.4, 0.5) is 0 Å². The topological polar surface area (TPSA) is 59.2 Å². The van der Waals surface area contributed by atoms with Crippen molar-refractivity contribution in [3.63, 3.8) is 0 Å². The summed E-state index contributed by atoms with van der Waals surface area (Å²) in [7, 11) is 3.66. The van der Waals surface area contributed by atoms with Gasteiger partial charge >= 0.3 is 0 Å². The van der Waals surface area contributed by atoms with Gasteiger partial charge in [0.15, 0.2) is 5.69 Å². The van der Waals surface area contributed by atoms with Gasteiger partial charge in [-0.1, -0.05) is 5.16 Å². The van der Waals surface area contributed by atoms with Crippen LogP contribution in [-0.2, 0) is 0 Å². The maximum absolute atomic E-state index is 11.4. The van der Waals surface area contributed by atoms with Gasteiger partial charge < -0.3 is 4.90 Å². The number of hydrogen-bond donors (Lipinski definition) is 0. The number of carbonyl (C=O) groups is 1. The molecule has 0 aliphatic carbocycles.